The van der Waals surface area contributed by atoms with Gasteiger partial charge < -0.3 is 9.59 Å². The average molecular weight is 154 g/mol. The second kappa shape index (κ2) is 3.20. The third kappa shape index (κ3) is 3.96. The molecule has 0 aliphatic heterocycles. The summed E-state index contributed by atoms with van der Waals surface area (Å²) < 4.78 is 0. The van der Waals surface area contributed by atoms with Gasteiger partial charge in [0.25, 0.3) is 0 Å². The van der Waals surface area contributed by atoms with Gasteiger partial charge in [-0.2, -0.15) is 0 Å². The van der Waals surface area contributed by atoms with E-state index in [4.69, 9.17) is 0 Å². The molecular formula is C8H15BO2. The van der Waals surface area contributed by atoms with Gasteiger partial charge in [-0.25, -0.2) is 0 Å². The maximum Gasteiger partial charge on any atom is 0.152 e. The summed E-state index contributed by atoms with van der Waals surface area (Å²) in [7, 11) is 0.604. The Morgan fingerprint density at radius 2 is 1.18 bits per heavy atom. The molecule has 0 amide bonds. The minimum Gasteiger partial charge on any atom is -0.304 e. The van der Waals surface area contributed by atoms with Crippen molar-refractivity contribution in [2.75, 3.05) is 0 Å². The lowest BCUT2D eigenvalue weighted by Crippen LogP contribution is -2.26. The second-order valence-corrected chi connectivity index (χ2v) is 4.39. The molecule has 0 atom stereocenters. The van der Waals surface area contributed by atoms with E-state index in [9.17, 15) is 9.59 Å². The highest BCUT2D eigenvalue weighted by molar-refractivity contribution is 6.52. The Morgan fingerprint density at radius 3 is 1.36 bits per heavy atom. The summed E-state index contributed by atoms with van der Waals surface area (Å²) in [5, 5.41) is -0.769. The molecule has 0 radical (unpaired) electrons. The summed E-state index contributed by atoms with van der Waals surface area (Å²) in [5.74, 6) is 0. The smallest absolute Gasteiger partial charge is 0.152 e. The largest absolute Gasteiger partial charge is 0.304 e. The zero-order valence-electron chi connectivity index (χ0n) is 7.68. The Bertz CT molecular complexity index is 143. The Hall–Kier alpha value is -0.595. The first kappa shape index (κ1) is 10.4. The zero-order valence-corrected chi connectivity index (χ0v) is 7.68. The van der Waals surface area contributed by atoms with Crippen LogP contribution in [0.3, 0.4) is 0 Å². The summed E-state index contributed by atoms with van der Waals surface area (Å²) in [6.07, 6.45) is 1.80. The summed E-state index contributed by atoms with van der Waals surface area (Å²) >= 11 is 0. The average Bonchev–Trinajstić information content (AvgIpc) is 1.86. The molecule has 0 aliphatic carbocycles. The standard InChI is InChI=1S/C8H15BO2/c1-7(2,5-10)9-8(3,4)6-11/h5-6,9H,1-4H3. The van der Waals surface area contributed by atoms with Gasteiger partial charge in [0, 0.05) is 0 Å². The Morgan fingerprint density at radius 1 is 0.909 bits per heavy atom. The predicted octanol–water partition coefficient (Wildman–Crippen LogP) is 1.22. The number of hydrogen-bond donors (Lipinski definition) is 0. The summed E-state index contributed by atoms with van der Waals surface area (Å²) in [6.45, 7) is 7.35. The molecule has 0 aromatic carbocycles. The molecule has 0 saturated heterocycles. The topological polar surface area (TPSA) is 34.1 Å². The SMILES string of the molecule is CC(C)(BC(C)(C)C=O)C=O. The van der Waals surface area contributed by atoms with Crippen LogP contribution >= 0.6 is 0 Å². The van der Waals surface area contributed by atoms with Gasteiger partial charge in [0.15, 0.2) is 7.28 Å². The molecule has 0 aromatic rings. The molecule has 0 aliphatic rings. The minimum atomic E-state index is -0.385. The highest BCUT2D eigenvalue weighted by Gasteiger charge is 2.29. The Balaban J connectivity index is 4.23. The van der Waals surface area contributed by atoms with Gasteiger partial charge >= 0.3 is 0 Å². The number of aldehydes is 2. The van der Waals surface area contributed by atoms with Crippen LogP contribution in [0, 0.1) is 0 Å². The summed E-state index contributed by atoms with van der Waals surface area (Å²) in [4.78, 5) is 21.0. The normalized spacial score (nSPS) is 12.4. The van der Waals surface area contributed by atoms with E-state index in [1.165, 1.54) is 0 Å². The lowest BCUT2D eigenvalue weighted by molar-refractivity contribution is -0.110. The monoisotopic (exact) mass is 154 g/mol. The van der Waals surface area contributed by atoms with Crippen molar-refractivity contribution in [1.29, 1.82) is 0 Å². The van der Waals surface area contributed by atoms with E-state index in [-0.39, 0.29) is 10.6 Å². The number of carbonyl (C=O) groups excluding carboxylic acids is 2. The first-order valence-electron chi connectivity index (χ1n) is 3.76. The molecule has 2 nitrogen and oxygen atoms in total. The summed E-state index contributed by atoms with van der Waals surface area (Å²) in [6, 6.07) is 0. The fourth-order valence-corrected chi connectivity index (χ4v) is 1.26. The number of rotatable bonds is 4. The van der Waals surface area contributed by atoms with Gasteiger partial charge in [-0.05, 0) is 10.6 Å². The van der Waals surface area contributed by atoms with E-state index in [1.807, 2.05) is 27.7 Å². The Labute approximate surface area is 68.6 Å². The van der Waals surface area contributed by atoms with Gasteiger partial charge in [-0.1, -0.05) is 27.7 Å². The van der Waals surface area contributed by atoms with Gasteiger partial charge in [0.2, 0.25) is 0 Å². The van der Waals surface area contributed by atoms with Crippen LogP contribution in [-0.4, -0.2) is 19.9 Å². The zero-order chi connectivity index (χ0) is 9.12. The summed E-state index contributed by atoms with van der Waals surface area (Å²) in [5.41, 5.74) is 0. The molecule has 62 valence electrons. The van der Waals surface area contributed by atoms with E-state index < -0.39 is 0 Å². The van der Waals surface area contributed by atoms with Crippen LogP contribution in [0.5, 0.6) is 0 Å². The van der Waals surface area contributed by atoms with Crippen LogP contribution in [0.1, 0.15) is 27.7 Å². The quantitative estimate of drug-likeness (QED) is 0.450. The van der Waals surface area contributed by atoms with Gasteiger partial charge in [0.05, 0.1) is 0 Å². The molecule has 0 saturated carbocycles. The molecule has 11 heavy (non-hydrogen) atoms. The van der Waals surface area contributed by atoms with Crippen LogP contribution < -0.4 is 0 Å². The highest BCUT2D eigenvalue weighted by atomic mass is 16.1. The number of hydrogen-bond acceptors (Lipinski definition) is 2. The van der Waals surface area contributed by atoms with Gasteiger partial charge in [0.1, 0.15) is 12.6 Å². The Kier molecular flexibility index (Phi) is 3.03. The van der Waals surface area contributed by atoms with Crippen LogP contribution in [0.15, 0.2) is 0 Å². The van der Waals surface area contributed by atoms with Crippen molar-refractivity contribution < 1.29 is 9.59 Å². The molecule has 0 spiro atoms. The van der Waals surface area contributed by atoms with Gasteiger partial charge in [-0.15, -0.1) is 0 Å². The van der Waals surface area contributed by atoms with E-state index in [0.29, 0.717) is 7.28 Å². The molecule has 0 aromatic heterocycles. The van der Waals surface area contributed by atoms with E-state index in [1.54, 1.807) is 0 Å². The van der Waals surface area contributed by atoms with Crippen LogP contribution in [0.2, 0.25) is 10.6 Å². The molecule has 0 rings (SSSR count). The molecule has 0 bridgehead atoms. The van der Waals surface area contributed by atoms with E-state index in [2.05, 4.69) is 0 Å². The van der Waals surface area contributed by atoms with Crippen molar-refractivity contribution in [3.63, 3.8) is 0 Å². The van der Waals surface area contributed by atoms with Gasteiger partial charge in [-0.3, -0.25) is 0 Å². The van der Waals surface area contributed by atoms with Crippen LogP contribution in [0.4, 0.5) is 0 Å². The maximum atomic E-state index is 10.5. The fraction of sp³-hybridized carbons (Fsp3) is 0.750. The molecule has 0 N–H and O–H groups in total. The molecule has 3 heteroatoms. The molecular weight excluding hydrogens is 139 g/mol. The van der Waals surface area contributed by atoms with Crippen molar-refractivity contribution in [3.05, 3.63) is 0 Å². The first-order chi connectivity index (χ1) is 4.83. The fourth-order valence-electron chi connectivity index (χ4n) is 1.26. The number of carbonyl (C=O) groups is 2. The van der Waals surface area contributed by atoms with E-state index >= 15 is 0 Å². The van der Waals surface area contributed by atoms with Crippen LogP contribution in [0.25, 0.3) is 0 Å². The maximum absolute atomic E-state index is 10.5. The lowest BCUT2D eigenvalue weighted by Gasteiger charge is -2.24. The first-order valence-corrected chi connectivity index (χ1v) is 3.76. The van der Waals surface area contributed by atoms with Crippen molar-refractivity contribution in [2.24, 2.45) is 0 Å². The van der Waals surface area contributed by atoms with Crippen molar-refractivity contribution in [1.82, 2.24) is 0 Å². The van der Waals surface area contributed by atoms with E-state index in [0.717, 1.165) is 12.6 Å². The lowest BCUT2D eigenvalue weighted by atomic mass is 9.42. The second-order valence-electron chi connectivity index (χ2n) is 4.39. The third-order valence-electron chi connectivity index (χ3n) is 1.55. The predicted molar refractivity (Wildman–Crippen MR) is 47.4 cm³/mol. The van der Waals surface area contributed by atoms with Crippen LogP contribution in [-0.2, 0) is 9.59 Å². The third-order valence-corrected chi connectivity index (χ3v) is 1.55. The van der Waals surface area contributed by atoms with Crippen molar-refractivity contribution in [3.8, 4) is 0 Å². The van der Waals surface area contributed by atoms with Crippen molar-refractivity contribution in [2.45, 2.75) is 38.3 Å². The minimum absolute atomic E-state index is 0.385. The molecule has 0 fully saturated rings. The highest BCUT2D eigenvalue weighted by Crippen LogP contribution is 2.31. The molecule has 0 unspecified atom stereocenters. The molecule has 0 heterocycles. The van der Waals surface area contributed by atoms with Crippen molar-refractivity contribution >= 4 is 19.9 Å².